The van der Waals surface area contributed by atoms with Gasteiger partial charge in [-0.25, -0.2) is 4.98 Å². The van der Waals surface area contributed by atoms with Crippen LogP contribution in [0.3, 0.4) is 0 Å². The van der Waals surface area contributed by atoms with Gasteiger partial charge in [0.2, 0.25) is 5.91 Å². The minimum atomic E-state index is -0.139. The lowest BCUT2D eigenvalue weighted by atomic mass is 9.88. The molecule has 180 valence electrons. The second kappa shape index (κ2) is 10.4. The molecular weight excluding hydrogens is 428 g/mol. The summed E-state index contributed by atoms with van der Waals surface area (Å²) in [4.78, 5) is 47.8. The first-order valence-electron chi connectivity index (χ1n) is 12.2. The number of nitrogens with zero attached hydrogens (tertiary/aromatic N) is 3. The Hall–Kier alpha value is -3.22. The number of piperidine rings is 1. The smallest absolute Gasteiger partial charge is 0.258 e. The Balaban J connectivity index is 1.38. The maximum atomic E-state index is 13.2. The fourth-order valence-corrected chi connectivity index (χ4v) is 5.06. The van der Waals surface area contributed by atoms with Gasteiger partial charge in [-0.15, -0.1) is 0 Å². The SMILES string of the molecule is CC(C)C[C@H](CC(=O)N1CCC(C(=O)c2ccn(C)c2)CC1)Cc1nc2ccccc2c(=O)[nH]1. The molecule has 3 aromatic rings. The molecule has 2 aromatic heterocycles. The highest BCUT2D eigenvalue weighted by Crippen LogP contribution is 2.25. The van der Waals surface area contributed by atoms with Gasteiger partial charge in [-0.3, -0.25) is 14.4 Å². The molecule has 1 aliphatic heterocycles. The van der Waals surface area contributed by atoms with Crippen LogP contribution in [0.2, 0.25) is 0 Å². The van der Waals surface area contributed by atoms with Crippen LogP contribution in [0.15, 0.2) is 47.5 Å². The summed E-state index contributed by atoms with van der Waals surface area (Å²) in [6, 6.07) is 9.18. The summed E-state index contributed by atoms with van der Waals surface area (Å²) in [5.41, 5.74) is 1.29. The number of benzene rings is 1. The zero-order valence-electron chi connectivity index (χ0n) is 20.3. The predicted octanol–water partition coefficient (Wildman–Crippen LogP) is 3.98. The van der Waals surface area contributed by atoms with E-state index in [9.17, 15) is 14.4 Å². The molecule has 34 heavy (non-hydrogen) atoms. The van der Waals surface area contributed by atoms with Crippen molar-refractivity contribution in [1.82, 2.24) is 19.4 Å². The number of amides is 1. The fourth-order valence-electron chi connectivity index (χ4n) is 5.06. The number of aromatic amines is 1. The molecule has 0 spiro atoms. The predicted molar refractivity (Wildman–Crippen MR) is 133 cm³/mol. The van der Waals surface area contributed by atoms with Gasteiger partial charge < -0.3 is 14.5 Å². The van der Waals surface area contributed by atoms with E-state index < -0.39 is 0 Å². The number of ketones is 1. The molecule has 4 rings (SSSR count). The van der Waals surface area contributed by atoms with Crippen molar-refractivity contribution in [3.05, 3.63) is 64.5 Å². The lowest BCUT2D eigenvalue weighted by Crippen LogP contribution is -2.41. The van der Waals surface area contributed by atoms with Gasteiger partial charge >= 0.3 is 0 Å². The van der Waals surface area contributed by atoms with Crippen molar-refractivity contribution >= 4 is 22.6 Å². The average Bonchev–Trinajstić information content (AvgIpc) is 3.24. The number of nitrogens with one attached hydrogen (secondary N) is 1. The lowest BCUT2D eigenvalue weighted by molar-refractivity contribution is -0.133. The third-order valence-corrected chi connectivity index (χ3v) is 6.75. The molecule has 0 radical (unpaired) electrons. The summed E-state index contributed by atoms with van der Waals surface area (Å²) in [7, 11) is 1.91. The summed E-state index contributed by atoms with van der Waals surface area (Å²) < 4.78 is 1.89. The molecule has 1 saturated heterocycles. The number of H-pyrrole nitrogens is 1. The van der Waals surface area contributed by atoms with Crippen LogP contribution < -0.4 is 5.56 Å². The van der Waals surface area contributed by atoms with Crippen molar-refractivity contribution in [1.29, 1.82) is 0 Å². The van der Waals surface area contributed by atoms with E-state index in [1.165, 1.54) is 0 Å². The number of aromatic nitrogens is 3. The van der Waals surface area contributed by atoms with Crippen LogP contribution in [-0.4, -0.2) is 44.2 Å². The van der Waals surface area contributed by atoms with E-state index in [-0.39, 0.29) is 29.1 Å². The fraction of sp³-hybridized carbons (Fsp3) is 0.481. The molecule has 3 heterocycles. The third kappa shape index (κ3) is 5.64. The molecule has 1 aliphatic rings. The lowest BCUT2D eigenvalue weighted by Gasteiger charge is -2.32. The summed E-state index contributed by atoms with van der Waals surface area (Å²) >= 11 is 0. The number of hydrogen-bond acceptors (Lipinski definition) is 4. The maximum Gasteiger partial charge on any atom is 0.258 e. The molecule has 1 amide bonds. The number of Topliss-reactive ketones (excluding diaryl/α,β-unsaturated/α-hetero) is 1. The molecule has 1 atom stereocenters. The van der Waals surface area contributed by atoms with Crippen molar-refractivity contribution in [2.75, 3.05) is 13.1 Å². The minimum Gasteiger partial charge on any atom is -0.357 e. The van der Waals surface area contributed by atoms with E-state index in [4.69, 9.17) is 0 Å². The van der Waals surface area contributed by atoms with Crippen molar-refractivity contribution in [2.45, 2.75) is 46.0 Å². The zero-order chi connectivity index (χ0) is 24.2. The number of para-hydroxylation sites is 1. The Labute approximate surface area is 200 Å². The first kappa shape index (κ1) is 23.9. The number of likely N-dealkylation sites (tertiary alicyclic amines) is 1. The number of carbonyl (C=O) groups is 2. The number of fused-ring (bicyclic) bond motifs is 1. The van der Waals surface area contributed by atoms with Crippen LogP contribution in [-0.2, 0) is 18.3 Å². The standard InChI is InChI=1S/C27H34N4O3/c1-18(2)14-19(15-24-28-23-7-5-4-6-22(23)27(34)29-24)16-25(32)31-12-9-20(10-13-31)26(33)21-8-11-30(3)17-21/h4-8,11,17-20H,9-10,12-16H2,1-3H3,(H,28,29,34)/t19-/m0/s1. The largest absolute Gasteiger partial charge is 0.357 e. The molecule has 0 bridgehead atoms. The summed E-state index contributed by atoms with van der Waals surface area (Å²) in [6.45, 7) is 5.52. The Morgan fingerprint density at radius 2 is 1.88 bits per heavy atom. The molecule has 7 heteroatoms. The van der Waals surface area contributed by atoms with Crippen LogP contribution >= 0.6 is 0 Å². The van der Waals surface area contributed by atoms with Crippen molar-refractivity contribution < 1.29 is 9.59 Å². The normalized spacial score (nSPS) is 15.7. The molecule has 7 nitrogen and oxygen atoms in total. The Kier molecular flexibility index (Phi) is 7.29. The quantitative estimate of drug-likeness (QED) is 0.513. The van der Waals surface area contributed by atoms with E-state index in [0.717, 1.165) is 12.0 Å². The Morgan fingerprint density at radius 1 is 1.15 bits per heavy atom. The monoisotopic (exact) mass is 462 g/mol. The van der Waals surface area contributed by atoms with Crippen LogP contribution in [0.4, 0.5) is 0 Å². The maximum absolute atomic E-state index is 13.2. The second-order valence-corrected chi connectivity index (χ2v) is 10.0. The topological polar surface area (TPSA) is 88.1 Å². The number of rotatable bonds is 8. The molecule has 1 N–H and O–H groups in total. The highest BCUT2D eigenvalue weighted by Gasteiger charge is 2.29. The molecule has 0 unspecified atom stereocenters. The van der Waals surface area contributed by atoms with Crippen molar-refractivity contribution in [3.8, 4) is 0 Å². The highest BCUT2D eigenvalue weighted by molar-refractivity contribution is 5.97. The van der Waals surface area contributed by atoms with Gasteiger partial charge in [0.05, 0.1) is 10.9 Å². The number of hydrogen-bond donors (Lipinski definition) is 1. The van der Waals surface area contributed by atoms with Gasteiger partial charge in [0.25, 0.3) is 5.56 Å². The first-order chi connectivity index (χ1) is 16.3. The van der Waals surface area contributed by atoms with E-state index in [1.54, 1.807) is 6.07 Å². The van der Waals surface area contributed by atoms with E-state index in [2.05, 4.69) is 23.8 Å². The van der Waals surface area contributed by atoms with E-state index in [0.29, 0.717) is 61.4 Å². The van der Waals surface area contributed by atoms with Crippen LogP contribution in [0.5, 0.6) is 0 Å². The van der Waals surface area contributed by atoms with Crippen LogP contribution in [0.1, 0.15) is 55.7 Å². The summed E-state index contributed by atoms with van der Waals surface area (Å²) in [5.74, 6) is 1.44. The van der Waals surface area contributed by atoms with E-state index in [1.807, 2.05) is 53.2 Å². The van der Waals surface area contributed by atoms with Gasteiger partial charge in [0.15, 0.2) is 5.78 Å². The Morgan fingerprint density at radius 3 is 2.56 bits per heavy atom. The number of aryl methyl sites for hydroxylation is 1. The first-order valence-corrected chi connectivity index (χ1v) is 12.2. The molecule has 0 saturated carbocycles. The van der Waals surface area contributed by atoms with Gasteiger partial charge in [0, 0.05) is 56.9 Å². The molecule has 1 fully saturated rings. The van der Waals surface area contributed by atoms with Gasteiger partial charge in [-0.05, 0) is 49.3 Å². The molecule has 0 aliphatic carbocycles. The second-order valence-electron chi connectivity index (χ2n) is 10.0. The van der Waals surface area contributed by atoms with Gasteiger partial charge in [-0.2, -0.15) is 0 Å². The molecule has 1 aromatic carbocycles. The number of carbonyl (C=O) groups excluding carboxylic acids is 2. The van der Waals surface area contributed by atoms with Crippen LogP contribution in [0, 0.1) is 17.8 Å². The third-order valence-electron chi connectivity index (χ3n) is 6.75. The molecular formula is C27H34N4O3. The van der Waals surface area contributed by atoms with Crippen LogP contribution in [0.25, 0.3) is 10.9 Å². The van der Waals surface area contributed by atoms with Gasteiger partial charge in [0.1, 0.15) is 5.82 Å². The van der Waals surface area contributed by atoms with E-state index >= 15 is 0 Å². The van der Waals surface area contributed by atoms with Gasteiger partial charge in [-0.1, -0.05) is 26.0 Å². The van der Waals surface area contributed by atoms with Crippen molar-refractivity contribution in [3.63, 3.8) is 0 Å². The minimum absolute atomic E-state index is 0.0233. The summed E-state index contributed by atoms with van der Waals surface area (Å²) in [5, 5.41) is 0.579. The average molecular weight is 463 g/mol. The highest BCUT2D eigenvalue weighted by atomic mass is 16.2. The zero-order valence-corrected chi connectivity index (χ0v) is 20.3. The van der Waals surface area contributed by atoms with Crippen molar-refractivity contribution in [2.24, 2.45) is 24.8 Å². The Bertz CT molecular complexity index is 1220. The summed E-state index contributed by atoms with van der Waals surface area (Å²) in [6.07, 6.45) is 7.02.